The lowest BCUT2D eigenvalue weighted by Crippen LogP contribution is -2.61. The first-order chi connectivity index (χ1) is 41.1. The molecule has 8 heterocycles. The Kier molecular flexibility index (Phi) is 18.3. The summed E-state index contributed by atoms with van der Waals surface area (Å²) in [6, 6.07) is 18.0. The van der Waals surface area contributed by atoms with Crippen molar-refractivity contribution in [1.82, 2.24) is 40.2 Å². The number of pyridine rings is 2. The number of nitrogens with zero attached hydrogens (tertiary/aromatic N) is 6. The zero-order valence-corrected chi connectivity index (χ0v) is 50.0. The number of carbonyl (C=O) groups is 2. The average molecular weight is 1190 g/mol. The van der Waals surface area contributed by atoms with Gasteiger partial charge in [-0.05, 0) is 61.4 Å². The summed E-state index contributed by atoms with van der Waals surface area (Å²) in [5.74, 6) is -1.73. The minimum Gasteiger partial charge on any atom is -0.491 e. The highest BCUT2D eigenvalue weighted by molar-refractivity contribution is 5.98. The summed E-state index contributed by atoms with van der Waals surface area (Å²) >= 11 is 0. The van der Waals surface area contributed by atoms with E-state index in [1.807, 2.05) is 52.0 Å². The molecule has 0 spiro atoms. The van der Waals surface area contributed by atoms with Crippen LogP contribution in [0.2, 0.25) is 0 Å². The van der Waals surface area contributed by atoms with E-state index in [9.17, 15) is 36.7 Å². The Hall–Kier alpha value is -6.50. The Bertz CT molecular complexity index is 3200. The second-order valence-electron chi connectivity index (χ2n) is 25.7. The fraction of sp³-hybridized carbons (Fsp3) is 0.531. The van der Waals surface area contributed by atoms with Gasteiger partial charge in [0.2, 0.25) is 11.8 Å². The molecule has 2 amide bonds. The zero-order chi connectivity index (χ0) is 60.6. The molecule has 0 aliphatic carbocycles. The molecule has 6 atom stereocenters. The third-order valence-electron chi connectivity index (χ3n) is 17.8. The number of anilines is 2. The number of benzene rings is 3. The van der Waals surface area contributed by atoms with Gasteiger partial charge in [0.05, 0.1) is 37.7 Å². The van der Waals surface area contributed by atoms with E-state index in [0.29, 0.717) is 137 Å². The number of halogens is 4. The van der Waals surface area contributed by atoms with Gasteiger partial charge in [0.25, 0.3) is 11.1 Å². The molecule has 4 saturated heterocycles. The van der Waals surface area contributed by atoms with Gasteiger partial charge in [-0.1, -0.05) is 45.9 Å². The maximum absolute atomic E-state index is 14.7. The highest BCUT2D eigenvalue weighted by Gasteiger charge is 2.43. The second kappa shape index (κ2) is 25.7. The molecule has 3 aromatic carbocycles. The van der Waals surface area contributed by atoms with E-state index in [1.165, 1.54) is 24.3 Å². The van der Waals surface area contributed by atoms with Crippen molar-refractivity contribution < 1.29 is 46.1 Å². The van der Waals surface area contributed by atoms with Gasteiger partial charge in [-0.25, -0.2) is 17.6 Å². The molecule has 0 radical (unpaired) electrons. The van der Waals surface area contributed by atoms with Crippen LogP contribution >= 0.6 is 0 Å². The van der Waals surface area contributed by atoms with Crippen molar-refractivity contribution in [3.8, 4) is 11.5 Å². The van der Waals surface area contributed by atoms with Crippen LogP contribution in [-0.2, 0) is 42.7 Å². The molecule has 0 bridgehead atoms. The van der Waals surface area contributed by atoms with Crippen molar-refractivity contribution in [1.29, 1.82) is 0 Å². The third-order valence-corrected chi connectivity index (χ3v) is 17.8. The number of hydrogen-bond acceptors (Lipinski definition) is 14. The van der Waals surface area contributed by atoms with Crippen LogP contribution in [-0.4, -0.2) is 196 Å². The minimum atomic E-state index is -0.731. The van der Waals surface area contributed by atoms with Crippen LogP contribution in [0.1, 0.15) is 75.2 Å². The molecule has 11 rings (SSSR count). The Morgan fingerprint density at radius 3 is 1.43 bits per heavy atom. The average Bonchev–Trinajstić information content (AvgIpc) is 1.81. The fourth-order valence-corrected chi connectivity index (χ4v) is 13.2. The van der Waals surface area contributed by atoms with E-state index in [1.54, 1.807) is 21.9 Å². The van der Waals surface area contributed by atoms with Gasteiger partial charge in [0, 0.05) is 167 Å². The molecule has 0 unspecified atom stereocenters. The molecule has 4 N–H and O–H groups in total. The van der Waals surface area contributed by atoms with Crippen molar-refractivity contribution in [2.45, 2.75) is 102 Å². The number of morpholine rings is 2. The predicted molar refractivity (Wildman–Crippen MR) is 319 cm³/mol. The van der Waals surface area contributed by atoms with Crippen LogP contribution in [0.3, 0.4) is 0 Å². The summed E-state index contributed by atoms with van der Waals surface area (Å²) in [5, 5.41) is 7.22. The number of piperazine rings is 2. The van der Waals surface area contributed by atoms with Gasteiger partial charge >= 0.3 is 0 Å². The van der Waals surface area contributed by atoms with Crippen molar-refractivity contribution in [2.24, 2.45) is 0 Å². The normalized spacial score (nSPS) is 24.4. The summed E-state index contributed by atoms with van der Waals surface area (Å²) < 4.78 is 81.9. The van der Waals surface area contributed by atoms with E-state index >= 15 is 0 Å². The van der Waals surface area contributed by atoms with E-state index in [4.69, 9.17) is 18.9 Å². The van der Waals surface area contributed by atoms with E-state index in [-0.39, 0.29) is 96.4 Å². The third kappa shape index (κ3) is 14.1. The van der Waals surface area contributed by atoms with Gasteiger partial charge in [-0.3, -0.25) is 38.8 Å². The first-order valence-electron chi connectivity index (χ1n) is 30.1. The zero-order valence-electron chi connectivity index (χ0n) is 50.0. The topological polar surface area (TPSA) is 180 Å². The molecule has 5 aromatic rings. The summed E-state index contributed by atoms with van der Waals surface area (Å²) in [5.41, 5.74) is 1.72. The van der Waals surface area contributed by atoms with Crippen LogP contribution in [0.4, 0.5) is 28.9 Å². The van der Waals surface area contributed by atoms with Crippen molar-refractivity contribution in [3.05, 3.63) is 150 Å². The Morgan fingerprint density at radius 1 is 0.581 bits per heavy atom. The number of hydrogen-bond donors (Lipinski definition) is 4. The van der Waals surface area contributed by atoms with Crippen molar-refractivity contribution in [2.75, 3.05) is 128 Å². The first kappa shape index (κ1) is 61.2. The molecule has 0 saturated carbocycles. The van der Waals surface area contributed by atoms with Crippen molar-refractivity contribution in [3.63, 3.8) is 0 Å². The van der Waals surface area contributed by atoms with Crippen LogP contribution in [0.15, 0.2) is 82.4 Å². The largest absolute Gasteiger partial charge is 0.491 e. The number of H-pyrrole nitrogens is 2. The van der Waals surface area contributed by atoms with Crippen LogP contribution < -0.4 is 41.0 Å². The molecule has 22 heteroatoms. The van der Waals surface area contributed by atoms with E-state index in [2.05, 4.69) is 54.0 Å². The molecule has 462 valence electrons. The molecule has 4 fully saturated rings. The first-order valence-corrected chi connectivity index (χ1v) is 30.1. The number of fused-ring (bicyclic) bond motifs is 2. The van der Waals surface area contributed by atoms with Gasteiger partial charge < -0.3 is 49.3 Å². The quantitative estimate of drug-likeness (QED) is 0.0868. The van der Waals surface area contributed by atoms with Gasteiger partial charge in [0.15, 0.2) is 0 Å². The van der Waals surface area contributed by atoms with E-state index < -0.39 is 34.1 Å². The second-order valence-corrected chi connectivity index (χ2v) is 25.7. The molecular weight excluding hydrogens is 1110 g/mol. The molecule has 6 aliphatic rings. The summed E-state index contributed by atoms with van der Waals surface area (Å²) in [6.45, 7) is 21.9. The Labute approximate surface area is 499 Å². The number of aromatic amines is 2. The highest BCUT2D eigenvalue weighted by Crippen LogP contribution is 2.41. The number of nitrogens with one attached hydrogen (secondary N) is 4. The monoisotopic (exact) mass is 1190 g/mol. The van der Waals surface area contributed by atoms with Crippen LogP contribution in [0.25, 0.3) is 0 Å². The van der Waals surface area contributed by atoms with Gasteiger partial charge in [-0.15, -0.1) is 0 Å². The maximum atomic E-state index is 14.7. The molecule has 86 heavy (non-hydrogen) atoms. The molecular formula is C64H80F4N10O8. The lowest BCUT2D eigenvalue weighted by atomic mass is 9.91. The maximum Gasteiger partial charge on any atom is 0.251 e. The molecule has 6 aliphatic heterocycles. The number of ether oxygens (including phenoxy) is 4. The van der Waals surface area contributed by atoms with Gasteiger partial charge in [0.1, 0.15) is 60.2 Å². The lowest BCUT2D eigenvalue weighted by molar-refractivity contribution is -0.121. The highest BCUT2D eigenvalue weighted by atomic mass is 19.1. The minimum absolute atomic E-state index is 0.0291. The lowest BCUT2D eigenvalue weighted by Gasteiger charge is -2.43. The molecule has 18 nitrogen and oxygen atoms in total. The summed E-state index contributed by atoms with van der Waals surface area (Å²) in [4.78, 5) is 74.1. The number of amides is 2. The van der Waals surface area contributed by atoms with Gasteiger partial charge in [-0.2, -0.15) is 0 Å². The van der Waals surface area contributed by atoms with Crippen molar-refractivity contribution >= 4 is 23.2 Å². The summed E-state index contributed by atoms with van der Waals surface area (Å²) in [6.07, 6.45) is -0.485. The Balaban J connectivity index is 0.654. The molecule has 2 aromatic heterocycles. The van der Waals surface area contributed by atoms with Crippen LogP contribution in [0.5, 0.6) is 11.5 Å². The van der Waals surface area contributed by atoms with E-state index in [0.717, 1.165) is 25.2 Å². The number of carbonyl (C=O) groups excluding carboxylic acids is 2. The van der Waals surface area contributed by atoms with Crippen LogP contribution in [0, 0.1) is 23.3 Å². The number of rotatable bonds is 18. The smallest absolute Gasteiger partial charge is 0.251 e. The summed E-state index contributed by atoms with van der Waals surface area (Å²) in [7, 11) is 0. The standard InChI is InChI=1S/C64H80F4N10O8/c1-39-27-75(33-57(79)77-37-63(3,4)59-55(77)20-43(61(81)71-59)18-41-10-12-45(65)22-53(41)67)47(25-69-39)29-73-14-16-83-51(31-73)35-85-49-8-7-9-50(24-49)86-36-52-32-74(15-17-84-52)30-48-26-70-40(2)28-76(48)34-58(80)78-38-64(5,6)60-56(78)21-44(62(82)72-60)19-42-11-13-46(66)23-54(42)68/h7-13,20-24,39-40,47-48,51-52,69-70H,14-19,25-38H2,1-6H3,(H,71,81)(H,72,82)/t39-,40-,47-,48-,51+,52+/m1/s1. The Morgan fingerprint density at radius 2 is 1.01 bits per heavy atom. The number of aromatic nitrogens is 2. The SMILES string of the molecule is C[C@@H]1CN(CC(=O)N2CC(C)(C)c3[nH]c(=O)c(Cc4ccc(F)cc4F)cc32)[C@@H](CN2CCO[C@H](COc3cccc(OC[C@@H]4CN(C[C@H]5CN[C@H](C)CN5CC(=O)N5CC(C)(C)c6[nH]c(=O)c(Cc7ccc(F)cc7F)cc65)CCO4)c3)C2)CN1. The predicted octanol–water partition coefficient (Wildman–Crippen LogP) is 4.93. The fourth-order valence-electron chi connectivity index (χ4n) is 13.2.